The van der Waals surface area contributed by atoms with E-state index in [0.717, 1.165) is 23.1 Å². The summed E-state index contributed by atoms with van der Waals surface area (Å²) in [5.74, 6) is 0. The normalized spacial score (nSPS) is 12.6. The molecular weight excluding hydrogens is 320 g/mol. The SMILES string of the molecule is CCNC(C)c1sc(Cc2cccc(Br)c2)nc1C. The Bertz CT molecular complexity index is 551. The molecule has 0 spiro atoms. The largest absolute Gasteiger partial charge is 0.310 e. The molecule has 19 heavy (non-hydrogen) atoms. The van der Waals surface area contributed by atoms with Gasteiger partial charge < -0.3 is 5.32 Å². The third-order valence-corrected chi connectivity index (χ3v) is 4.86. The molecule has 1 aromatic carbocycles. The van der Waals surface area contributed by atoms with Gasteiger partial charge in [0, 0.05) is 21.8 Å². The number of aryl methyl sites for hydroxylation is 1. The fourth-order valence-electron chi connectivity index (χ4n) is 2.16. The molecule has 1 heterocycles. The van der Waals surface area contributed by atoms with Crippen LogP contribution in [0.4, 0.5) is 0 Å². The first-order valence-corrected chi connectivity index (χ1v) is 8.15. The molecule has 0 aliphatic carbocycles. The summed E-state index contributed by atoms with van der Waals surface area (Å²) < 4.78 is 1.12. The standard InChI is InChI=1S/C15H19BrN2S/c1-4-17-10(2)15-11(3)18-14(19-15)9-12-6-5-7-13(16)8-12/h5-8,10,17H,4,9H2,1-3H3. The van der Waals surface area contributed by atoms with Crippen LogP contribution >= 0.6 is 27.3 Å². The maximum Gasteiger partial charge on any atom is 0.0975 e. The van der Waals surface area contributed by atoms with E-state index in [0.29, 0.717) is 6.04 Å². The number of thiazole rings is 1. The minimum absolute atomic E-state index is 0.388. The molecule has 2 rings (SSSR count). The lowest BCUT2D eigenvalue weighted by Crippen LogP contribution is -2.17. The summed E-state index contributed by atoms with van der Waals surface area (Å²) in [6.07, 6.45) is 0.907. The molecule has 0 radical (unpaired) electrons. The van der Waals surface area contributed by atoms with E-state index in [1.165, 1.54) is 15.4 Å². The number of halogens is 1. The van der Waals surface area contributed by atoms with Gasteiger partial charge in [0.15, 0.2) is 0 Å². The van der Waals surface area contributed by atoms with Crippen molar-refractivity contribution in [3.8, 4) is 0 Å². The average molecular weight is 339 g/mol. The van der Waals surface area contributed by atoms with Crippen molar-refractivity contribution in [3.05, 3.63) is 49.9 Å². The second-order valence-electron chi connectivity index (χ2n) is 4.64. The van der Waals surface area contributed by atoms with Gasteiger partial charge in [-0.1, -0.05) is 35.0 Å². The van der Waals surface area contributed by atoms with Crippen LogP contribution < -0.4 is 5.32 Å². The van der Waals surface area contributed by atoms with Crippen molar-refractivity contribution in [3.63, 3.8) is 0 Å². The van der Waals surface area contributed by atoms with Gasteiger partial charge in [0.2, 0.25) is 0 Å². The van der Waals surface area contributed by atoms with E-state index in [9.17, 15) is 0 Å². The number of nitrogens with zero attached hydrogens (tertiary/aromatic N) is 1. The van der Waals surface area contributed by atoms with Gasteiger partial charge in [0.05, 0.1) is 10.7 Å². The number of hydrogen-bond donors (Lipinski definition) is 1. The number of rotatable bonds is 5. The number of benzene rings is 1. The average Bonchev–Trinajstić information content (AvgIpc) is 2.70. The van der Waals surface area contributed by atoms with Gasteiger partial charge in [-0.25, -0.2) is 4.98 Å². The molecule has 0 aliphatic heterocycles. The lowest BCUT2D eigenvalue weighted by Gasteiger charge is -2.09. The lowest BCUT2D eigenvalue weighted by atomic mass is 10.2. The zero-order valence-corrected chi connectivity index (χ0v) is 13.9. The molecule has 4 heteroatoms. The van der Waals surface area contributed by atoms with E-state index < -0.39 is 0 Å². The number of aromatic nitrogens is 1. The predicted molar refractivity (Wildman–Crippen MR) is 85.9 cm³/mol. The maximum atomic E-state index is 4.70. The van der Waals surface area contributed by atoms with Gasteiger partial charge in [0.25, 0.3) is 0 Å². The van der Waals surface area contributed by atoms with Gasteiger partial charge in [-0.05, 0) is 38.1 Å². The van der Waals surface area contributed by atoms with Crippen LogP contribution in [0.3, 0.4) is 0 Å². The van der Waals surface area contributed by atoms with Crippen LogP contribution in [0, 0.1) is 6.92 Å². The van der Waals surface area contributed by atoms with E-state index in [4.69, 9.17) is 4.98 Å². The molecule has 1 unspecified atom stereocenters. The topological polar surface area (TPSA) is 24.9 Å². The summed E-state index contributed by atoms with van der Waals surface area (Å²) in [7, 11) is 0. The molecule has 2 nitrogen and oxygen atoms in total. The van der Waals surface area contributed by atoms with Gasteiger partial charge >= 0.3 is 0 Å². The Morgan fingerprint density at radius 3 is 2.89 bits per heavy atom. The highest BCUT2D eigenvalue weighted by atomic mass is 79.9. The van der Waals surface area contributed by atoms with Crippen molar-refractivity contribution in [2.45, 2.75) is 33.2 Å². The van der Waals surface area contributed by atoms with E-state index in [2.05, 4.69) is 66.3 Å². The Morgan fingerprint density at radius 1 is 1.42 bits per heavy atom. The van der Waals surface area contributed by atoms with Gasteiger partial charge in [-0.15, -0.1) is 11.3 Å². The summed E-state index contributed by atoms with van der Waals surface area (Å²) in [5.41, 5.74) is 2.45. The van der Waals surface area contributed by atoms with Crippen molar-refractivity contribution >= 4 is 27.3 Å². The molecule has 0 amide bonds. The molecule has 0 aliphatic rings. The summed E-state index contributed by atoms with van der Waals surface area (Å²) in [6.45, 7) is 7.42. The van der Waals surface area contributed by atoms with E-state index in [1.807, 2.05) is 11.3 Å². The van der Waals surface area contributed by atoms with Crippen LogP contribution in [-0.2, 0) is 6.42 Å². The Hall–Kier alpha value is -0.710. The number of nitrogens with one attached hydrogen (secondary N) is 1. The lowest BCUT2D eigenvalue weighted by molar-refractivity contribution is 0.603. The van der Waals surface area contributed by atoms with Crippen LogP contribution in [0.25, 0.3) is 0 Å². The molecule has 0 saturated carbocycles. The minimum atomic E-state index is 0.388. The summed E-state index contributed by atoms with van der Waals surface area (Å²) in [6, 6.07) is 8.81. The highest BCUT2D eigenvalue weighted by Gasteiger charge is 2.13. The molecule has 0 saturated heterocycles. The van der Waals surface area contributed by atoms with E-state index >= 15 is 0 Å². The molecule has 0 bridgehead atoms. The van der Waals surface area contributed by atoms with Crippen molar-refractivity contribution in [1.29, 1.82) is 0 Å². The first-order chi connectivity index (χ1) is 9.10. The van der Waals surface area contributed by atoms with Crippen LogP contribution in [0.2, 0.25) is 0 Å². The highest BCUT2D eigenvalue weighted by molar-refractivity contribution is 9.10. The molecule has 102 valence electrons. The molecular formula is C15H19BrN2S. The minimum Gasteiger partial charge on any atom is -0.310 e. The quantitative estimate of drug-likeness (QED) is 0.869. The van der Waals surface area contributed by atoms with Crippen LogP contribution in [0.15, 0.2) is 28.7 Å². The summed E-state index contributed by atoms with van der Waals surface area (Å²) >= 11 is 5.33. The van der Waals surface area contributed by atoms with Crippen molar-refractivity contribution in [2.75, 3.05) is 6.54 Å². The fourth-order valence-corrected chi connectivity index (χ4v) is 3.74. The van der Waals surface area contributed by atoms with Crippen LogP contribution in [0.5, 0.6) is 0 Å². The summed E-state index contributed by atoms with van der Waals surface area (Å²) in [5, 5.41) is 4.64. The van der Waals surface area contributed by atoms with E-state index in [1.54, 1.807) is 0 Å². The predicted octanol–water partition coefficient (Wildman–Crippen LogP) is 4.48. The third kappa shape index (κ3) is 3.88. The monoisotopic (exact) mass is 338 g/mol. The zero-order valence-electron chi connectivity index (χ0n) is 11.5. The molecule has 2 aromatic rings. The molecule has 1 atom stereocenters. The van der Waals surface area contributed by atoms with Crippen molar-refractivity contribution in [1.82, 2.24) is 10.3 Å². The Balaban J connectivity index is 2.16. The van der Waals surface area contributed by atoms with Gasteiger partial charge in [0.1, 0.15) is 0 Å². The Kier molecular flexibility index (Phi) is 5.13. The first kappa shape index (κ1) is 14.7. The molecule has 0 fully saturated rings. The van der Waals surface area contributed by atoms with E-state index in [-0.39, 0.29) is 0 Å². The van der Waals surface area contributed by atoms with Crippen LogP contribution in [0.1, 0.15) is 41.0 Å². The fraction of sp³-hybridized carbons (Fsp3) is 0.400. The Morgan fingerprint density at radius 2 is 2.21 bits per heavy atom. The zero-order chi connectivity index (χ0) is 13.8. The van der Waals surface area contributed by atoms with Crippen LogP contribution in [-0.4, -0.2) is 11.5 Å². The van der Waals surface area contributed by atoms with Gasteiger partial charge in [-0.3, -0.25) is 0 Å². The summed E-state index contributed by atoms with van der Waals surface area (Å²) in [4.78, 5) is 6.06. The third-order valence-electron chi connectivity index (χ3n) is 3.02. The molecule has 1 N–H and O–H groups in total. The van der Waals surface area contributed by atoms with Crippen molar-refractivity contribution < 1.29 is 0 Å². The maximum absolute atomic E-state index is 4.70. The van der Waals surface area contributed by atoms with Gasteiger partial charge in [-0.2, -0.15) is 0 Å². The second-order valence-corrected chi connectivity index (χ2v) is 6.67. The molecule has 1 aromatic heterocycles. The van der Waals surface area contributed by atoms with Crippen molar-refractivity contribution in [2.24, 2.45) is 0 Å². The smallest absolute Gasteiger partial charge is 0.0975 e. The second kappa shape index (κ2) is 6.64. The highest BCUT2D eigenvalue weighted by Crippen LogP contribution is 2.27. The first-order valence-electron chi connectivity index (χ1n) is 6.54. The Labute approximate surface area is 127 Å². The number of hydrogen-bond acceptors (Lipinski definition) is 3.